The maximum Gasteiger partial charge on any atom is 0.228 e. The van der Waals surface area contributed by atoms with E-state index in [-0.39, 0.29) is 18.2 Å². The lowest BCUT2D eigenvalue weighted by Gasteiger charge is -2.11. The number of methoxy groups -OCH3 is 1. The van der Waals surface area contributed by atoms with Crippen molar-refractivity contribution in [1.82, 2.24) is 0 Å². The Labute approximate surface area is 146 Å². The van der Waals surface area contributed by atoms with Crippen molar-refractivity contribution in [3.63, 3.8) is 0 Å². The quantitative estimate of drug-likeness (QED) is 0.865. The van der Waals surface area contributed by atoms with E-state index in [0.29, 0.717) is 22.1 Å². The summed E-state index contributed by atoms with van der Waals surface area (Å²) in [6.07, 6.45) is 0.211. The van der Waals surface area contributed by atoms with E-state index >= 15 is 0 Å². The van der Waals surface area contributed by atoms with Crippen molar-refractivity contribution in [2.75, 3.05) is 17.7 Å². The van der Waals surface area contributed by atoms with Crippen molar-refractivity contribution in [3.05, 3.63) is 52.5 Å². The van der Waals surface area contributed by atoms with Crippen LogP contribution in [0.1, 0.15) is 18.1 Å². The van der Waals surface area contributed by atoms with Crippen LogP contribution in [0.2, 0.25) is 5.02 Å². The average Bonchev–Trinajstić information content (AvgIpc) is 2.52. The molecule has 0 aliphatic rings. The predicted octanol–water partition coefficient (Wildman–Crippen LogP) is 3.80. The third-order valence-electron chi connectivity index (χ3n) is 3.45. The molecule has 0 unspecified atom stereocenters. The van der Waals surface area contributed by atoms with Crippen molar-refractivity contribution >= 4 is 34.8 Å². The van der Waals surface area contributed by atoms with Crippen LogP contribution in [0.15, 0.2) is 36.4 Å². The highest BCUT2D eigenvalue weighted by atomic mass is 35.5. The number of rotatable bonds is 5. The molecule has 0 aliphatic carbocycles. The van der Waals surface area contributed by atoms with Crippen molar-refractivity contribution < 1.29 is 14.3 Å². The molecule has 2 amide bonds. The van der Waals surface area contributed by atoms with Crippen LogP contribution in [0.4, 0.5) is 11.4 Å². The van der Waals surface area contributed by atoms with Gasteiger partial charge in [0, 0.05) is 18.3 Å². The molecule has 0 aliphatic heterocycles. The lowest BCUT2D eigenvalue weighted by Crippen LogP contribution is -2.15. The fraction of sp³-hybridized carbons (Fsp3) is 0.222. The Kier molecular flexibility index (Phi) is 5.82. The van der Waals surface area contributed by atoms with E-state index in [1.807, 2.05) is 13.0 Å². The third-order valence-corrected chi connectivity index (χ3v) is 3.75. The van der Waals surface area contributed by atoms with Gasteiger partial charge in [0.25, 0.3) is 0 Å². The van der Waals surface area contributed by atoms with Crippen molar-refractivity contribution in [2.24, 2.45) is 0 Å². The molecule has 6 heteroatoms. The molecule has 0 atom stereocenters. The van der Waals surface area contributed by atoms with Crippen LogP contribution < -0.4 is 15.4 Å². The highest BCUT2D eigenvalue weighted by Gasteiger charge is 2.10. The summed E-state index contributed by atoms with van der Waals surface area (Å²) < 4.78 is 5.16. The molecule has 0 saturated heterocycles. The van der Waals surface area contributed by atoms with Crippen molar-refractivity contribution in [1.29, 1.82) is 0 Å². The van der Waals surface area contributed by atoms with Crippen LogP contribution >= 0.6 is 11.6 Å². The topological polar surface area (TPSA) is 67.4 Å². The summed E-state index contributed by atoms with van der Waals surface area (Å²) in [5.41, 5.74) is 3.12. The number of carbonyl (C=O) groups is 2. The number of amides is 2. The SMILES string of the molecule is COc1cc(C)c(CC(=O)Nc2ccc(NC(C)=O)cc2)cc1Cl. The van der Waals surface area contributed by atoms with Gasteiger partial charge in [-0.25, -0.2) is 0 Å². The van der Waals surface area contributed by atoms with Crippen LogP contribution in [-0.2, 0) is 16.0 Å². The first-order chi connectivity index (χ1) is 11.4. The molecule has 2 N–H and O–H groups in total. The van der Waals surface area contributed by atoms with Gasteiger partial charge in [-0.1, -0.05) is 11.6 Å². The zero-order valence-electron chi connectivity index (χ0n) is 13.8. The van der Waals surface area contributed by atoms with E-state index in [1.54, 1.807) is 37.4 Å². The number of benzene rings is 2. The second kappa shape index (κ2) is 7.84. The summed E-state index contributed by atoms with van der Waals surface area (Å²) in [5, 5.41) is 5.97. The largest absolute Gasteiger partial charge is 0.495 e. The fourth-order valence-electron chi connectivity index (χ4n) is 2.26. The first kappa shape index (κ1) is 17.8. The molecule has 5 nitrogen and oxygen atoms in total. The van der Waals surface area contributed by atoms with Gasteiger partial charge in [-0.15, -0.1) is 0 Å². The van der Waals surface area contributed by atoms with E-state index < -0.39 is 0 Å². The van der Waals surface area contributed by atoms with Gasteiger partial charge in [-0.3, -0.25) is 9.59 Å². The number of nitrogens with one attached hydrogen (secondary N) is 2. The smallest absolute Gasteiger partial charge is 0.228 e. The van der Waals surface area contributed by atoms with Gasteiger partial charge >= 0.3 is 0 Å². The van der Waals surface area contributed by atoms with Crippen LogP contribution in [0.5, 0.6) is 5.75 Å². The second-order valence-corrected chi connectivity index (χ2v) is 5.80. The average molecular weight is 347 g/mol. The summed E-state index contributed by atoms with van der Waals surface area (Å²) in [6.45, 7) is 3.35. The highest BCUT2D eigenvalue weighted by molar-refractivity contribution is 6.32. The molecule has 0 radical (unpaired) electrons. The first-order valence-corrected chi connectivity index (χ1v) is 7.77. The Morgan fingerprint density at radius 3 is 2.21 bits per heavy atom. The third kappa shape index (κ3) is 4.73. The molecular formula is C18H19ClN2O3. The maximum absolute atomic E-state index is 12.2. The van der Waals surface area contributed by atoms with Crippen LogP contribution in [0, 0.1) is 6.92 Å². The van der Waals surface area contributed by atoms with Crippen LogP contribution in [0.3, 0.4) is 0 Å². The van der Waals surface area contributed by atoms with Crippen molar-refractivity contribution in [2.45, 2.75) is 20.3 Å². The number of ether oxygens (including phenoxy) is 1. The summed E-state index contributed by atoms with van der Waals surface area (Å²) in [7, 11) is 1.55. The molecule has 126 valence electrons. The van der Waals surface area contributed by atoms with E-state index in [0.717, 1.165) is 11.1 Å². The second-order valence-electron chi connectivity index (χ2n) is 5.40. The lowest BCUT2D eigenvalue weighted by molar-refractivity contribution is -0.116. The van der Waals surface area contributed by atoms with Gasteiger partial charge in [0.05, 0.1) is 18.6 Å². The van der Waals surface area contributed by atoms with Gasteiger partial charge in [0.2, 0.25) is 11.8 Å². The van der Waals surface area contributed by atoms with Gasteiger partial charge in [0.15, 0.2) is 0 Å². The number of hydrogen-bond acceptors (Lipinski definition) is 3. The zero-order valence-corrected chi connectivity index (χ0v) is 14.5. The lowest BCUT2D eigenvalue weighted by atomic mass is 10.0. The molecule has 2 rings (SSSR count). The summed E-state index contributed by atoms with van der Waals surface area (Å²) in [5.74, 6) is 0.303. The number of halogens is 1. The Bertz CT molecular complexity index is 758. The predicted molar refractivity (Wildman–Crippen MR) is 95.8 cm³/mol. The Morgan fingerprint density at radius 2 is 1.67 bits per heavy atom. The van der Waals surface area contributed by atoms with Crippen molar-refractivity contribution in [3.8, 4) is 5.75 Å². The summed E-state index contributed by atoms with van der Waals surface area (Å²) >= 11 is 6.11. The van der Waals surface area contributed by atoms with E-state index in [2.05, 4.69) is 10.6 Å². The van der Waals surface area contributed by atoms with Crippen LogP contribution in [0.25, 0.3) is 0 Å². The molecule has 0 heterocycles. The number of anilines is 2. The highest BCUT2D eigenvalue weighted by Crippen LogP contribution is 2.28. The summed E-state index contributed by atoms with van der Waals surface area (Å²) in [6, 6.07) is 10.5. The van der Waals surface area contributed by atoms with E-state index in [4.69, 9.17) is 16.3 Å². The molecule has 0 bridgehead atoms. The zero-order chi connectivity index (χ0) is 17.7. The number of carbonyl (C=O) groups excluding carboxylic acids is 2. The molecule has 2 aromatic rings. The monoisotopic (exact) mass is 346 g/mol. The summed E-state index contributed by atoms with van der Waals surface area (Å²) in [4.78, 5) is 23.2. The first-order valence-electron chi connectivity index (χ1n) is 7.39. The van der Waals surface area contributed by atoms with Gasteiger partial charge < -0.3 is 15.4 Å². The fourth-order valence-corrected chi connectivity index (χ4v) is 2.52. The standard InChI is InChI=1S/C18H19ClN2O3/c1-11-8-17(24-3)16(19)9-13(11)10-18(23)21-15-6-4-14(5-7-15)20-12(2)22/h4-9H,10H2,1-3H3,(H,20,22)(H,21,23). The Balaban J connectivity index is 2.03. The molecule has 0 fully saturated rings. The molecule has 0 saturated carbocycles. The van der Waals surface area contributed by atoms with Gasteiger partial charge in [0.1, 0.15) is 5.75 Å². The normalized spacial score (nSPS) is 10.2. The maximum atomic E-state index is 12.2. The molecule has 24 heavy (non-hydrogen) atoms. The van der Waals surface area contributed by atoms with E-state index in [9.17, 15) is 9.59 Å². The molecule has 0 spiro atoms. The van der Waals surface area contributed by atoms with Gasteiger partial charge in [-0.2, -0.15) is 0 Å². The molecular weight excluding hydrogens is 328 g/mol. The van der Waals surface area contributed by atoms with Gasteiger partial charge in [-0.05, 0) is 54.4 Å². The molecule has 2 aromatic carbocycles. The minimum atomic E-state index is -0.147. The number of hydrogen-bond donors (Lipinski definition) is 2. The Hall–Kier alpha value is -2.53. The number of aryl methyl sites for hydroxylation is 1. The minimum Gasteiger partial charge on any atom is -0.495 e. The minimum absolute atomic E-state index is 0.140. The van der Waals surface area contributed by atoms with E-state index in [1.165, 1.54) is 6.92 Å². The Morgan fingerprint density at radius 1 is 1.08 bits per heavy atom. The van der Waals surface area contributed by atoms with Crippen LogP contribution in [-0.4, -0.2) is 18.9 Å². The molecule has 0 aromatic heterocycles.